The summed E-state index contributed by atoms with van der Waals surface area (Å²) in [5.41, 5.74) is 5.51. The lowest BCUT2D eigenvalue weighted by molar-refractivity contribution is -0.129. The van der Waals surface area contributed by atoms with E-state index in [1.807, 2.05) is 0 Å². The maximum absolute atomic E-state index is 11.2. The number of hydrogen-bond donors (Lipinski definition) is 1. The summed E-state index contributed by atoms with van der Waals surface area (Å²) in [6, 6.07) is 0. The Kier molecular flexibility index (Phi) is 2.45. The molecule has 1 aliphatic rings. The van der Waals surface area contributed by atoms with E-state index >= 15 is 0 Å². The second-order valence-electron chi connectivity index (χ2n) is 4.74. The molecule has 2 nitrogen and oxygen atoms in total. The van der Waals surface area contributed by atoms with Crippen molar-refractivity contribution < 1.29 is 4.79 Å². The van der Waals surface area contributed by atoms with E-state index in [-0.39, 0.29) is 17.2 Å². The van der Waals surface area contributed by atoms with Crippen LogP contribution in [0.15, 0.2) is 0 Å². The first-order valence-corrected chi connectivity index (χ1v) is 4.74. The predicted molar refractivity (Wildman–Crippen MR) is 49.5 cm³/mol. The van der Waals surface area contributed by atoms with Crippen LogP contribution in [-0.4, -0.2) is 5.91 Å². The highest BCUT2D eigenvalue weighted by Gasteiger charge is 2.40. The minimum absolute atomic E-state index is 0.0752. The molecule has 1 rings (SSSR count). The molecule has 2 atom stereocenters. The lowest BCUT2D eigenvalue weighted by Crippen LogP contribution is -2.42. The van der Waals surface area contributed by atoms with Crippen molar-refractivity contribution in [1.29, 1.82) is 0 Å². The molecule has 12 heavy (non-hydrogen) atoms. The Balaban J connectivity index is 2.81. The third-order valence-corrected chi connectivity index (χ3v) is 3.20. The molecule has 2 heteroatoms. The van der Waals surface area contributed by atoms with Crippen LogP contribution in [0.3, 0.4) is 0 Å². The second-order valence-corrected chi connectivity index (χ2v) is 4.74. The van der Waals surface area contributed by atoms with Crippen LogP contribution < -0.4 is 5.73 Å². The van der Waals surface area contributed by atoms with Gasteiger partial charge in [-0.3, -0.25) is 4.79 Å². The zero-order chi connectivity index (χ0) is 9.35. The third-order valence-electron chi connectivity index (χ3n) is 3.20. The highest BCUT2D eigenvalue weighted by molar-refractivity contribution is 5.77. The number of carbonyl (C=O) groups is 1. The summed E-state index contributed by atoms with van der Waals surface area (Å²) in [7, 11) is 0. The standard InChI is InChI=1S/C10H19NO/c1-7-5-4-6-10(2,3)8(7)9(11)12/h7-8H,4-6H2,1-3H3,(H2,11,12)/t7-,8-/m0/s1. The van der Waals surface area contributed by atoms with Crippen molar-refractivity contribution in [1.82, 2.24) is 0 Å². The Labute approximate surface area is 74.5 Å². The maximum atomic E-state index is 11.2. The molecule has 2 N–H and O–H groups in total. The fourth-order valence-corrected chi connectivity index (χ4v) is 2.64. The smallest absolute Gasteiger partial charge is 0.221 e. The van der Waals surface area contributed by atoms with Gasteiger partial charge in [-0.15, -0.1) is 0 Å². The van der Waals surface area contributed by atoms with Crippen LogP contribution in [-0.2, 0) is 4.79 Å². The molecule has 1 aliphatic carbocycles. The summed E-state index contributed by atoms with van der Waals surface area (Å²) in [4.78, 5) is 11.2. The molecule has 0 heterocycles. The number of primary amides is 1. The topological polar surface area (TPSA) is 43.1 Å². The van der Waals surface area contributed by atoms with Gasteiger partial charge in [0, 0.05) is 5.92 Å². The molecule has 0 spiro atoms. The molecular formula is C10H19NO. The normalized spacial score (nSPS) is 34.6. The van der Waals surface area contributed by atoms with E-state index in [2.05, 4.69) is 20.8 Å². The third kappa shape index (κ3) is 1.62. The van der Waals surface area contributed by atoms with E-state index in [1.165, 1.54) is 6.42 Å². The SMILES string of the molecule is C[C@H]1CCCC(C)(C)[C@@H]1C(N)=O. The minimum Gasteiger partial charge on any atom is -0.369 e. The molecule has 0 radical (unpaired) electrons. The van der Waals surface area contributed by atoms with Gasteiger partial charge in [-0.05, 0) is 24.2 Å². The maximum Gasteiger partial charge on any atom is 0.221 e. The van der Waals surface area contributed by atoms with E-state index in [1.54, 1.807) is 0 Å². The zero-order valence-electron chi connectivity index (χ0n) is 8.26. The van der Waals surface area contributed by atoms with Gasteiger partial charge in [-0.1, -0.05) is 27.2 Å². The zero-order valence-corrected chi connectivity index (χ0v) is 8.26. The molecule has 0 saturated heterocycles. The van der Waals surface area contributed by atoms with Crippen LogP contribution in [0.2, 0.25) is 0 Å². The fourth-order valence-electron chi connectivity index (χ4n) is 2.64. The van der Waals surface area contributed by atoms with E-state index in [0.717, 1.165) is 12.8 Å². The van der Waals surface area contributed by atoms with Gasteiger partial charge in [0.05, 0.1) is 0 Å². The van der Waals surface area contributed by atoms with Gasteiger partial charge >= 0.3 is 0 Å². The van der Waals surface area contributed by atoms with Crippen LogP contribution in [0.25, 0.3) is 0 Å². The first-order valence-electron chi connectivity index (χ1n) is 4.74. The summed E-state index contributed by atoms with van der Waals surface area (Å²) >= 11 is 0. The fraction of sp³-hybridized carbons (Fsp3) is 0.900. The van der Waals surface area contributed by atoms with Crippen LogP contribution >= 0.6 is 0 Å². The van der Waals surface area contributed by atoms with E-state index in [0.29, 0.717) is 5.92 Å². The summed E-state index contributed by atoms with van der Waals surface area (Å²) in [5.74, 6) is 0.421. The van der Waals surface area contributed by atoms with Gasteiger partial charge in [-0.2, -0.15) is 0 Å². The first kappa shape index (κ1) is 9.56. The summed E-state index contributed by atoms with van der Waals surface area (Å²) < 4.78 is 0. The second kappa shape index (κ2) is 3.08. The van der Waals surface area contributed by atoms with Gasteiger partial charge in [0.1, 0.15) is 0 Å². The summed E-state index contributed by atoms with van der Waals surface area (Å²) in [5, 5.41) is 0. The monoisotopic (exact) mass is 169 g/mol. The minimum atomic E-state index is -0.118. The van der Waals surface area contributed by atoms with Crippen LogP contribution in [0, 0.1) is 17.3 Å². The number of carbonyl (C=O) groups excluding carboxylic acids is 1. The number of hydrogen-bond acceptors (Lipinski definition) is 1. The molecular weight excluding hydrogens is 150 g/mol. The molecule has 0 aromatic carbocycles. The van der Waals surface area contributed by atoms with E-state index < -0.39 is 0 Å². The van der Waals surface area contributed by atoms with Gasteiger partial charge in [0.15, 0.2) is 0 Å². The largest absolute Gasteiger partial charge is 0.369 e. The Morgan fingerprint density at radius 2 is 2.08 bits per heavy atom. The van der Waals surface area contributed by atoms with Crippen LogP contribution in [0.4, 0.5) is 0 Å². The molecule has 1 amide bonds. The Bertz CT molecular complexity index is 186. The summed E-state index contributed by atoms with van der Waals surface area (Å²) in [6.45, 7) is 6.44. The molecule has 70 valence electrons. The Morgan fingerprint density at radius 1 is 1.50 bits per heavy atom. The number of amides is 1. The van der Waals surface area contributed by atoms with E-state index in [4.69, 9.17) is 5.73 Å². The molecule has 1 saturated carbocycles. The number of nitrogens with two attached hydrogens (primary N) is 1. The Hall–Kier alpha value is -0.530. The van der Waals surface area contributed by atoms with Crippen LogP contribution in [0.1, 0.15) is 40.0 Å². The molecule has 0 aromatic heterocycles. The first-order chi connectivity index (χ1) is 5.45. The van der Waals surface area contributed by atoms with Crippen molar-refractivity contribution in [3.63, 3.8) is 0 Å². The highest BCUT2D eigenvalue weighted by atomic mass is 16.1. The molecule has 1 fully saturated rings. The van der Waals surface area contributed by atoms with Crippen LogP contribution in [0.5, 0.6) is 0 Å². The van der Waals surface area contributed by atoms with Gasteiger partial charge in [0.25, 0.3) is 0 Å². The van der Waals surface area contributed by atoms with Gasteiger partial charge in [0.2, 0.25) is 5.91 Å². The lowest BCUT2D eigenvalue weighted by atomic mass is 9.64. The number of rotatable bonds is 1. The Morgan fingerprint density at radius 3 is 2.42 bits per heavy atom. The predicted octanol–water partition coefficient (Wildman–Crippen LogP) is 1.93. The molecule has 0 unspecified atom stereocenters. The average Bonchev–Trinajstić information content (AvgIpc) is 1.82. The van der Waals surface area contributed by atoms with Crippen molar-refractivity contribution in [3.05, 3.63) is 0 Å². The average molecular weight is 169 g/mol. The molecule has 0 aliphatic heterocycles. The van der Waals surface area contributed by atoms with Gasteiger partial charge < -0.3 is 5.73 Å². The van der Waals surface area contributed by atoms with Crippen molar-refractivity contribution in [3.8, 4) is 0 Å². The quantitative estimate of drug-likeness (QED) is 0.640. The van der Waals surface area contributed by atoms with Crippen molar-refractivity contribution in [2.75, 3.05) is 0 Å². The highest BCUT2D eigenvalue weighted by Crippen LogP contribution is 2.43. The molecule has 0 bridgehead atoms. The van der Waals surface area contributed by atoms with Crippen molar-refractivity contribution >= 4 is 5.91 Å². The van der Waals surface area contributed by atoms with Gasteiger partial charge in [-0.25, -0.2) is 0 Å². The van der Waals surface area contributed by atoms with Crippen molar-refractivity contribution in [2.24, 2.45) is 23.0 Å². The van der Waals surface area contributed by atoms with Crippen molar-refractivity contribution in [2.45, 2.75) is 40.0 Å². The molecule has 0 aromatic rings. The lowest BCUT2D eigenvalue weighted by Gasteiger charge is -2.40. The van der Waals surface area contributed by atoms with E-state index in [9.17, 15) is 4.79 Å². The summed E-state index contributed by atoms with van der Waals surface area (Å²) in [6.07, 6.45) is 3.51.